The van der Waals surface area contributed by atoms with E-state index in [0.29, 0.717) is 11.6 Å². The first kappa shape index (κ1) is 23.0. The van der Waals surface area contributed by atoms with Crippen molar-refractivity contribution in [1.29, 1.82) is 0 Å². The maximum Gasteiger partial charge on any atom is 0.189 e. The fraction of sp³-hybridized carbons (Fsp3) is 0.611. The van der Waals surface area contributed by atoms with Crippen molar-refractivity contribution >= 4 is 11.6 Å². The molecule has 3 N–H and O–H groups in total. The summed E-state index contributed by atoms with van der Waals surface area (Å²) in [4.78, 5) is 7.72. The fourth-order valence-electron chi connectivity index (χ4n) is 1.70. The van der Waals surface area contributed by atoms with Crippen LogP contribution >= 0.6 is 0 Å². The Morgan fingerprint density at radius 1 is 1.20 bits per heavy atom. The average molecular weight is 353 g/mol. The lowest BCUT2D eigenvalue weighted by molar-refractivity contribution is 0.269. The molecule has 0 aliphatic heterocycles. The van der Waals surface area contributed by atoms with E-state index in [1.807, 2.05) is 20.8 Å². The molecule has 0 aliphatic carbocycles. The number of hydrogen-bond acceptors (Lipinski definition) is 5. The average Bonchev–Trinajstić information content (AvgIpc) is 3.04. The molecule has 2 rings (SSSR count). The van der Waals surface area contributed by atoms with Gasteiger partial charge in [-0.3, -0.25) is 5.10 Å². The Balaban J connectivity index is 0.000000614. The van der Waals surface area contributed by atoms with Crippen molar-refractivity contribution in [2.75, 3.05) is 5.32 Å². The maximum absolute atomic E-state index is 13.8. The van der Waals surface area contributed by atoms with Gasteiger partial charge in [0.15, 0.2) is 17.5 Å². The number of nitrogens with zero attached hydrogens (tertiary/aromatic N) is 3. The van der Waals surface area contributed by atoms with E-state index in [0.717, 1.165) is 11.6 Å². The normalized spacial score (nSPS) is 9.84. The maximum atomic E-state index is 13.8. The molecule has 0 saturated carbocycles. The van der Waals surface area contributed by atoms with Gasteiger partial charge in [-0.2, -0.15) is 5.10 Å². The number of hydrogen-bond donors (Lipinski definition) is 3. The second-order valence-electron chi connectivity index (χ2n) is 5.52. The number of nitrogens with one attached hydrogen (secondary N) is 2. The minimum absolute atomic E-state index is 0.00745. The molecule has 7 heteroatoms. The molecular formula is C18H32FN5O. The van der Waals surface area contributed by atoms with E-state index in [4.69, 9.17) is 5.11 Å². The van der Waals surface area contributed by atoms with Gasteiger partial charge in [-0.25, -0.2) is 14.4 Å². The summed E-state index contributed by atoms with van der Waals surface area (Å²) in [5, 5.41) is 18.3. The van der Waals surface area contributed by atoms with E-state index >= 15 is 0 Å². The van der Waals surface area contributed by atoms with Gasteiger partial charge >= 0.3 is 0 Å². The second-order valence-corrected chi connectivity index (χ2v) is 5.52. The zero-order valence-corrected chi connectivity index (χ0v) is 16.4. The quantitative estimate of drug-likeness (QED) is 0.728. The van der Waals surface area contributed by atoms with Crippen LogP contribution in [-0.2, 0) is 6.61 Å². The molecule has 0 atom stereocenters. The van der Waals surface area contributed by atoms with Crippen molar-refractivity contribution in [3.05, 3.63) is 29.1 Å². The molecular weight excluding hydrogens is 321 g/mol. The zero-order valence-electron chi connectivity index (χ0n) is 16.4. The standard InChI is InChI=1S/C10H12FN5O.C6H14.C2H6/c1-5-3-8(16-15-5)14-10-9(11)7(4-17)12-6(2)13-10;1-4-6(3)5-2;1-2/h3,17H,4H2,1-2H3,(H2,12,13,14,15,16);6H,4-5H2,1-3H3;1-2H3. The van der Waals surface area contributed by atoms with Crippen molar-refractivity contribution in [2.24, 2.45) is 5.92 Å². The van der Waals surface area contributed by atoms with Gasteiger partial charge in [-0.15, -0.1) is 0 Å². The van der Waals surface area contributed by atoms with E-state index in [1.165, 1.54) is 12.8 Å². The molecule has 2 heterocycles. The molecule has 6 nitrogen and oxygen atoms in total. The largest absolute Gasteiger partial charge is 0.390 e. The van der Waals surface area contributed by atoms with Crippen molar-refractivity contribution in [2.45, 2.75) is 67.9 Å². The van der Waals surface area contributed by atoms with Crippen LogP contribution in [0.3, 0.4) is 0 Å². The van der Waals surface area contributed by atoms with Gasteiger partial charge in [0.25, 0.3) is 0 Å². The van der Waals surface area contributed by atoms with E-state index < -0.39 is 12.4 Å². The summed E-state index contributed by atoms with van der Waals surface area (Å²) < 4.78 is 13.8. The van der Waals surface area contributed by atoms with Crippen LogP contribution in [0, 0.1) is 25.6 Å². The van der Waals surface area contributed by atoms with Crippen LogP contribution in [0.15, 0.2) is 6.07 Å². The number of aliphatic hydroxyl groups excluding tert-OH is 1. The Bertz CT molecular complexity index is 612. The van der Waals surface area contributed by atoms with Gasteiger partial charge in [0.05, 0.1) is 6.61 Å². The molecule has 0 bridgehead atoms. The molecule has 0 radical (unpaired) electrons. The zero-order chi connectivity index (χ0) is 19.4. The Kier molecular flexibility index (Phi) is 11.4. The first-order valence-electron chi connectivity index (χ1n) is 8.84. The highest BCUT2D eigenvalue weighted by molar-refractivity contribution is 5.52. The number of aryl methyl sites for hydroxylation is 2. The van der Waals surface area contributed by atoms with Gasteiger partial charge in [0, 0.05) is 11.8 Å². The summed E-state index contributed by atoms with van der Waals surface area (Å²) in [6.45, 7) is 13.7. The minimum Gasteiger partial charge on any atom is -0.390 e. The summed E-state index contributed by atoms with van der Waals surface area (Å²) >= 11 is 0. The predicted octanol–water partition coefficient (Wildman–Crippen LogP) is 4.66. The molecule has 0 saturated heterocycles. The Hall–Kier alpha value is -2.02. The molecule has 0 aliphatic rings. The Morgan fingerprint density at radius 2 is 1.80 bits per heavy atom. The monoisotopic (exact) mass is 353 g/mol. The van der Waals surface area contributed by atoms with Crippen LogP contribution in [0.1, 0.15) is 64.7 Å². The molecule has 2 aromatic rings. The molecule has 142 valence electrons. The Labute approximate surface area is 150 Å². The SMILES string of the molecule is CC.CCC(C)CC.Cc1nc(CO)c(F)c(Nc2cc(C)[nH]n2)n1. The van der Waals surface area contributed by atoms with Gasteiger partial charge < -0.3 is 10.4 Å². The van der Waals surface area contributed by atoms with Crippen molar-refractivity contribution in [3.63, 3.8) is 0 Å². The number of aromatic nitrogens is 4. The topological polar surface area (TPSA) is 86.7 Å². The summed E-state index contributed by atoms with van der Waals surface area (Å²) in [6, 6.07) is 1.72. The van der Waals surface area contributed by atoms with Gasteiger partial charge in [-0.1, -0.05) is 47.5 Å². The number of rotatable bonds is 5. The Morgan fingerprint density at radius 3 is 2.20 bits per heavy atom. The third kappa shape index (κ3) is 8.07. The van der Waals surface area contributed by atoms with Crippen molar-refractivity contribution < 1.29 is 9.50 Å². The van der Waals surface area contributed by atoms with Crippen LogP contribution < -0.4 is 5.32 Å². The third-order valence-electron chi connectivity index (χ3n) is 3.53. The molecule has 0 spiro atoms. The second kappa shape index (κ2) is 12.4. The van der Waals surface area contributed by atoms with Crippen LogP contribution in [0.2, 0.25) is 0 Å². The molecule has 0 amide bonds. The van der Waals surface area contributed by atoms with Gasteiger partial charge in [0.1, 0.15) is 11.5 Å². The molecule has 0 fully saturated rings. The summed E-state index contributed by atoms with van der Waals surface area (Å²) in [6.07, 6.45) is 2.66. The molecule has 0 unspecified atom stereocenters. The molecule has 2 aromatic heterocycles. The number of halogens is 1. The summed E-state index contributed by atoms with van der Waals surface area (Å²) in [7, 11) is 0. The fourth-order valence-corrected chi connectivity index (χ4v) is 1.70. The minimum atomic E-state index is -0.668. The highest BCUT2D eigenvalue weighted by atomic mass is 19.1. The van der Waals surface area contributed by atoms with E-state index in [-0.39, 0.29) is 11.5 Å². The van der Waals surface area contributed by atoms with Crippen LogP contribution in [0.5, 0.6) is 0 Å². The van der Waals surface area contributed by atoms with Crippen LogP contribution in [-0.4, -0.2) is 25.3 Å². The lowest BCUT2D eigenvalue weighted by atomic mass is 10.1. The number of aliphatic hydroxyl groups is 1. The number of H-pyrrole nitrogens is 1. The first-order valence-corrected chi connectivity index (χ1v) is 8.84. The van der Waals surface area contributed by atoms with Crippen LogP contribution in [0.25, 0.3) is 0 Å². The third-order valence-corrected chi connectivity index (χ3v) is 3.53. The molecule has 0 aromatic carbocycles. The van der Waals surface area contributed by atoms with Gasteiger partial charge in [-0.05, 0) is 19.8 Å². The predicted molar refractivity (Wildman–Crippen MR) is 100 cm³/mol. The summed E-state index contributed by atoms with van der Waals surface area (Å²) in [5.74, 6) is 1.12. The highest BCUT2D eigenvalue weighted by Crippen LogP contribution is 2.18. The van der Waals surface area contributed by atoms with Crippen LogP contribution in [0.4, 0.5) is 16.0 Å². The van der Waals surface area contributed by atoms with Crippen molar-refractivity contribution in [3.8, 4) is 0 Å². The number of anilines is 2. The first-order chi connectivity index (χ1) is 11.9. The van der Waals surface area contributed by atoms with Crippen molar-refractivity contribution in [1.82, 2.24) is 20.2 Å². The van der Waals surface area contributed by atoms with Gasteiger partial charge in [0.2, 0.25) is 0 Å². The lowest BCUT2D eigenvalue weighted by Gasteiger charge is -2.07. The van der Waals surface area contributed by atoms with E-state index in [1.54, 1.807) is 13.0 Å². The smallest absolute Gasteiger partial charge is 0.189 e. The summed E-state index contributed by atoms with van der Waals surface area (Å²) in [5.41, 5.74) is 0.813. The lowest BCUT2D eigenvalue weighted by Crippen LogP contribution is -2.06. The number of aromatic amines is 1. The highest BCUT2D eigenvalue weighted by Gasteiger charge is 2.13. The van der Waals surface area contributed by atoms with E-state index in [9.17, 15) is 4.39 Å². The molecule has 25 heavy (non-hydrogen) atoms. The van der Waals surface area contributed by atoms with E-state index in [2.05, 4.69) is 46.3 Å².